The zero-order valence-corrected chi connectivity index (χ0v) is 12.3. The van der Waals surface area contributed by atoms with Crippen LogP contribution in [0.25, 0.3) is 0 Å². The van der Waals surface area contributed by atoms with Crippen molar-refractivity contribution in [3.63, 3.8) is 0 Å². The molecular weight excluding hydrogens is 204 g/mol. The number of unbranched alkanes of at least 4 members (excludes halogenated alkanes) is 5. The van der Waals surface area contributed by atoms with E-state index >= 15 is 0 Å². The molecule has 1 aliphatic rings. The van der Waals surface area contributed by atoms with Crippen LogP contribution in [0, 0.1) is 11.8 Å². The van der Waals surface area contributed by atoms with Crippen LogP contribution in [0.3, 0.4) is 0 Å². The van der Waals surface area contributed by atoms with Gasteiger partial charge in [-0.2, -0.15) is 0 Å². The first-order valence-electron chi connectivity index (χ1n) is 8.36. The first-order chi connectivity index (χ1) is 8.36. The number of hydrogen-bond donors (Lipinski definition) is 0. The fourth-order valence-corrected chi connectivity index (χ4v) is 3.35. The van der Waals surface area contributed by atoms with Gasteiger partial charge in [0.1, 0.15) is 0 Å². The van der Waals surface area contributed by atoms with E-state index in [2.05, 4.69) is 13.8 Å². The highest BCUT2D eigenvalue weighted by molar-refractivity contribution is 4.72. The van der Waals surface area contributed by atoms with E-state index in [1.54, 1.807) is 25.7 Å². The molecule has 1 aliphatic carbocycles. The average molecular weight is 238 g/mol. The van der Waals surface area contributed by atoms with Gasteiger partial charge < -0.3 is 0 Å². The van der Waals surface area contributed by atoms with E-state index in [1.165, 1.54) is 57.8 Å². The molecular formula is C17H34. The molecule has 0 amide bonds. The quantitative estimate of drug-likeness (QED) is 0.411. The first-order valence-corrected chi connectivity index (χ1v) is 8.36. The molecule has 0 saturated heterocycles. The van der Waals surface area contributed by atoms with Crippen molar-refractivity contribution in [2.75, 3.05) is 0 Å². The van der Waals surface area contributed by atoms with E-state index in [0.717, 1.165) is 11.8 Å². The van der Waals surface area contributed by atoms with E-state index in [4.69, 9.17) is 0 Å². The lowest BCUT2D eigenvalue weighted by Gasteiger charge is -2.28. The minimum atomic E-state index is 1.09. The minimum absolute atomic E-state index is 1.09. The molecule has 0 unspecified atom stereocenters. The standard InChI is InChI=1S/C17H34/c1-3-5-7-9-11-17-14-12-16(13-15-17)10-8-6-4-2/h16-17H,3-15H2,1-2H3. The van der Waals surface area contributed by atoms with Crippen LogP contribution < -0.4 is 0 Å². The molecule has 0 aromatic rings. The number of rotatable bonds is 9. The van der Waals surface area contributed by atoms with Gasteiger partial charge in [0.05, 0.1) is 0 Å². The molecule has 1 rings (SSSR count). The summed E-state index contributed by atoms with van der Waals surface area (Å²) < 4.78 is 0. The van der Waals surface area contributed by atoms with Gasteiger partial charge in [0.25, 0.3) is 0 Å². The highest BCUT2D eigenvalue weighted by Gasteiger charge is 2.20. The topological polar surface area (TPSA) is 0 Å². The summed E-state index contributed by atoms with van der Waals surface area (Å²) in [6.45, 7) is 4.62. The molecule has 0 aliphatic heterocycles. The van der Waals surface area contributed by atoms with Gasteiger partial charge in [-0.3, -0.25) is 0 Å². The van der Waals surface area contributed by atoms with Crippen molar-refractivity contribution in [1.29, 1.82) is 0 Å². The zero-order valence-electron chi connectivity index (χ0n) is 12.3. The highest BCUT2D eigenvalue weighted by atomic mass is 14.3. The molecule has 0 spiro atoms. The Morgan fingerprint density at radius 1 is 0.588 bits per heavy atom. The second-order valence-corrected chi connectivity index (χ2v) is 6.23. The lowest BCUT2D eigenvalue weighted by atomic mass is 9.78. The molecule has 0 heterocycles. The summed E-state index contributed by atoms with van der Waals surface area (Å²) >= 11 is 0. The van der Waals surface area contributed by atoms with Gasteiger partial charge in [0.15, 0.2) is 0 Å². The smallest absolute Gasteiger partial charge is 0.0414 e. The van der Waals surface area contributed by atoms with Crippen LogP contribution in [0.2, 0.25) is 0 Å². The maximum absolute atomic E-state index is 2.31. The van der Waals surface area contributed by atoms with Crippen molar-refractivity contribution in [1.82, 2.24) is 0 Å². The Morgan fingerprint density at radius 2 is 1.00 bits per heavy atom. The van der Waals surface area contributed by atoms with E-state index in [9.17, 15) is 0 Å². The minimum Gasteiger partial charge on any atom is -0.0654 e. The van der Waals surface area contributed by atoms with Crippen molar-refractivity contribution >= 4 is 0 Å². The summed E-state index contributed by atoms with van der Waals surface area (Å²) in [4.78, 5) is 0. The molecule has 1 saturated carbocycles. The predicted molar refractivity (Wildman–Crippen MR) is 78.3 cm³/mol. The van der Waals surface area contributed by atoms with Crippen LogP contribution in [0.4, 0.5) is 0 Å². The molecule has 0 nitrogen and oxygen atoms in total. The fraction of sp³-hybridized carbons (Fsp3) is 1.00. The number of hydrogen-bond acceptors (Lipinski definition) is 0. The first kappa shape index (κ1) is 15.1. The normalized spacial score (nSPS) is 25.1. The fourth-order valence-electron chi connectivity index (χ4n) is 3.35. The van der Waals surface area contributed by atoms with E-state index < -0.39 is 0 Å². The summed E-state index contributed by atoms with van der Waals surface area (Å²) in [5, 5.41) is 0. The molecule has 0 aromatic heterocycles. The third-order valence-corrected chi connectivity index (χ3v) is 4.65. The molecule has 0 heteroatoms. The van der Waals surface area contributed by atoms with Crippen molar-refractivity contribution < 1.29 is 0 Å². The van der Waals surface area contributed by atoms with Gasteiger partial charge >= 0.3 is 0 Å². The molecule has 0 N–H and O–H groups in total. The van der Waals surface area contributed by atoms with Crippen molar-refractivity contribution in [3.8, 4) is 0 Å². The highest BCUT2D eigenvalue weighted by Crippen LogP contribution is 2.34. The maximum Gasteiger partial charge on any atom is -0.0414 e. The predicted octanol–water partition coefficient (Wildman–Crippen LogP) is 6.34. The average Bonchev–Trinajstić information content (AvgIpc) is 2.37. The van der Waals surface area contributed by atoms with Crippen LogP contribution >= 0.6 is 0 Å². The Morgan fingerprint density at radius 3 is 1.47 bits per heavy atom. The monoisotopic (exact) mass is 238 g/mol. The molecule has 102 valence electrons. The van der Waals surface area contributed by atoms with E-state index in [-0.39, 0.29) is 0 Å². The van der Waals surface area contributed by atoms with Gasteiger partial charge in [-0.15, -0.1) is 0 Å². The molecule has 1 fully saturated rings. The maximum atomic E-state index is 2.31. The van der Waals surface area contributed by atoms with Crippen LogP contribution in [-0.4, -0.2) is 0 Å². The van der Waals surface area contributed by atoms with Crippen molar-refractivity contribution in [3.05, 3.63) is 0 Å². The lowest BCUT2D eigenvalue weighted by molar-refractivity contribution is 0.244. The summed E-state index contributed by atoms with van der Waals surface area (Å²) in [5.41, 5.74) is 0. The van der Waals surface area contributed by atoms with Gasteiger partial charge in [-0.1, -0.05) is 97.3 Å². The van der Waals surface area contributed by atoms with Gasteiger partial charge in [0, 0.05) is 0 Å². The molecule has 0 aromatic carbocycles. The lowest BCUT2D eigenvalue weighted by Crippen LogP contribution is -2.14. The Bertz CT molecular complexity index is 153. The largest absolute Gasteiger partial charge is 0.0654 e. The SMILES string of the molecule is CCCCCCC1CCC(CCCCC)CC1. The van der Waals surface area contributed by atoms with Crippen LogP contribution in [0.5, 0.6) is 0 Å². The summed E-state index contributed by atoms with van der Waals surface area (Å²) in [6.07, 6.45) is 19.4. The van der Waals surface area contributed by atoms with Crippen LogP contribution in [0.15, 0.2) is 0 Å². The van der Waals surface area contributed by atoms with Crippen molar-refractivity contribution in [2.45, 2.75) is 97.3 Å². The van der Waals surface area contributed by atoms with Gasteiger partial charge in [0.2, 0.25) is 0 Å². The summed E-state index contributed by atoms with van der Waals surface area (Å²) in [7, 11) is 0. The third-order valence-electron chi connectivity index (χ3n) is 4.65. The molecule has 0 radical (unpaired) electrons. The van der Waals surface area contributed by atoms with E-state index in [0.29, 0.717) is 0 Å². The summed E-state index contributed by atoms with van der Waals surface area (Å²) in [6, 6.07) is 0. The summed E-state index contributed by atoms with van der Waals surface area (Å²) in [5.74, 6) is 2.18. The Labute approximate surface area is 110 Å². The zero-order chi connectivity index (χ0) is 12.3. The molecule has 17 heavy (non-hydrogen) atoms. The van der Waals surface area contributed by atoms with E-state index in [1.807, 2.05) is 0 Å². The third kappa shape index (κ3) is 7.11. The Balaban J connectivity index is 1.97. The molecule has 0 bridgehead atoms. The van der Waals surface area contributed by atoms with Crippen LogP contribution in [-0.2, 0) is 0 Å². The van der Waals surface area contributed by atoms with Crippen molar-refractivity contribution in [2.24, 2.45) is 11.8 Å². The second kappa shape index (κ2) is 9.97. The van der Waals surface area contributed by atoms with Crippen LogP contribution in [0.1, 0.15) is 97.3 Å². The van der Waals surface area contributed by atoms with Gasteiger partial charge in [-0.25, -0.2) is 0 Å². The molecule has 0 atom stereocenters. The Kier molecular flexibility index (Phi) is 8.83. The second-order valence-electron chi connectivity index (χ2n) is 6.23. The van der Waals surface area contributed by atoms with Gasteiger partial charge in [-0.05, 0) is 11.8 Å². The Hall–Kier alpha value is 0.